The molecule has 2 rings (SSSR count). The van der Waals surface area contributed by atoms with Gasteiger partial charge in [0.15, 0.2) is 0 Å². The van der Waals surface area contributed by atoms with Crippen LogP contribution in [0.3, 0.4) is 0 Å². The molecule has 8 heteroatoms. The zero-order valence-electron chi connectivity index (χ0n) is 13.6. The fourth-order valence-electron chi connectivity index (χ4n) is 2.60. The lowest BCUT2D eigenvalue weighted by Gasteiger charge is -2.31. The average Bonchev–Trinajstić information content (AvgIpc) is 2.57. The molecular weight excluding hydrogens is 332 g/mol. The van der Waals surface area contributed by atoms with Gasteiger partial charge in [0, 0.05) is 6.54 Å². The molecule has 24 heavy (non-hydrogen) atoms. The number of sulfonamides is 1. The zero-order valence-corrected chi connectivity index (χ0v) is 14.4. The molecule has 1 fully saturated rings. The SMILES string of the molecule is COC(=O)CN1CCCC(NS(=O)(=O)CCc2ccccc2)C1=O. The number of amides is 1. The van der Waals surface area contributed by atoms with E-state index in [4.69, 9.17) is 0 Å². The van der Waals surface area contributed by atoms with Gasteiger partial charge in [-0.3, -0.25) is 9.59 Å². The molecule has 0 aromatic heterocycles. The number of nitrogens with zero attached hydrogens (tertiary/aromatic N) is 1. The predicted octanol–water partition coefficient (Wildman–Crippen LogP) is 0.313. The second-order valence-corrected chi connectivity index (χ2v) is 7.58. The van der Waals surface area contributed by atoms with Crippen LogP contribution in [-0.2, 0) is 30.8 Å². The topological polar surface area (TPSA) is 92.8 Å². The van der Waals surface area contributed by atoms with Gasteiger partial charge in [-0.15, -0.1) is 0 Å². The van der Waals surface area contributed by atoms with Crippen LogP contribution in [0.4, 0.5) is 0 Å². The Morgan fingerprint density at radius 3 is 2.71 bits per heavy atom. The predicted molar refractivity (Wildman–Crippen MR) is 88.7 cm³/mol. The molecule has 1 aliphatic rings. The summed E-state index contributed by atoms with van der Waals surface area (Å²) in [6, 6.07) is 8.48. The van der Waals surface area contributed by atoms with Crippen molar-refractivity contribution in [2.75, 3.05) is 26.0 Å². The van der Waals surface area contributed by atoms with Gasteiger partial charge in [0.05, 0.1) is 12.9 Å². The van der Waals surface area contributed by atoms with Gasteiger partial charge >= 0.3 is 5.97 Å². The number of methoxy groups -OCH3 is 1. The Morgan fingerprint density at radius 2 is 2.04 bits per heavy atom. The molecule has 1 saturated heterocycles. The van der Waals surface area contributed by atoms with E-state index in [1.165, 1.54) is 12.0 Å². The minimum atomic E-state index is -3.58. The smallest absolute Gasteiger partial charge is 0.325 e. The molecule has 1 unspecified atom stereocenters. The van der Waals surface area contributed by atoms with Gasteiger partial charge in [0.25, 0.3) is 0 Å². The van der Waals surface area contributed by atoms with E-state index in [2.05, 4.69) is 9.46 Å². The summed E-state index contributed by atoms with van der Waals surface area (Å²) in [6.45, 7) is 0.272. The Labute approximate surface area is 142 Å². The number of rotatable bonds is 7. The first-order chi connectivity index (χ1) is 11.4. The van der Waals surface area contributed by atoms with Crippen molar-refractivity contribution in [2.24, 2.45) is 0 Å². The minimum absolute atomic E-state index is 0.0855. The highest BCUT2D eigenvalue weighted by Gasteiger charge is 2.32. The van der Waals surface area contributed by atoms with Crippen molar-refractivity contribution in [3.63, 3.8) is 0 Å². The van der Waals surface area contributed by atoms with Crippen LogP contribution in [-0.4, -0.2) is 57.2 Å². The minimum Gasteiger partial charge on any atom is -0.468 e. The lowest BCUT2D eigenvalue weighted by Crippen LogP contribution is -2.53. The van der Waals surface area contributed by atoms with Gasteiger partial charge < -0.3 is 9.64 Å². The number of likely N-dealkylation sites (tertiary alicyclic amines) is 1. The van der Waals surface area contributed by atoms with E-state index in [-0.39, 0.29) is 18.2 Å². The molecule has 1 aliphatic heterocycles. The number of benzene rings is 1. The number of nitrogens with one attached hydrogen (secondary N) is 1. The Bertz CT molecular complexity index is 675. The lowest BCUT2D eigenvalue weighted by atomic mass is 10.1. The summed E-state index contributed by atoms with van der Waals surface area (Å²) in [5.41, 5.74) is 0.921. The molecule has 0 spiro atoms. The van der Waals surface area contributed by atoms with Crippen molar-refractivity contribution in [3.05, 3.63) is 35.9 Å². The number of hydrogen-bond donors (Lipinski definition) is 1. The summed E-state index contributed by atoms with van der Waals surface area (Å²) in [7, 11) is -2.33. The van der Waals surface area contributed by atoms with Crippen LogP contribution in [0.2, 0.25) is 0 Å². The van der Waals surface area contributed by atoms with Crippen molar-refractivity contribution in [3.8, 4) is 0 Å². The molecule has 1 aromatic rings. The molecule has 1 aromatic carbocycles. The fourth-order valence-corrected chi connectivity index (χ4v) is 3.87. The molecule has 1 atom stereocenters. The maximum Gasteiger partial charge on any atom is 0.325 e. The highest BCUT2D eigenvalue weighted by atomic mass is 32.2. The van der Waals surface area contributed by atoms with Gasteiger partial charge in [-0.05, 0) is 24.8 Å². The van der Waals surface area contributed by atoms with Crippen molar-refractivity contribution in [1.82, 2.24) is 9.62 Å². The fraction of sp³-hybridized carbons (Fsp3) is 0.500. The first-order valence-corrected chi connectivity index (χ1v) is 9.46. The maximum absolute atomic E-state index is 12.3. The number of carbonyl (C=O) groups excluding carboxylic acids is 2. The van der Waals surface area contributed by atoms with Gasteiger partial charge in [0.2, 0.25) is 15.9 Å². The molecule has 7 nitrogen and oxygen atoms in total. The van der Waals surface area contributed by atoms with Crippen LogP contribution in [0.25, 0.3) is 0 Å². The molecule has 0 radical (unpaired) electrons. The third-order valence-corrected chi connectivity index (χ3v) is 5.29. The average molecular weight is 354 g/mol. The number of carbonyl (C=O) groups is 2. The highest BCUT2D eigenvalue weighted by molar-refractivity contribution is 7.89. The van der Waals surface area contributed by atoms with Gasteiger partial charge in [-0.25, -0.2) is 13.1 Å². The monoisotopic (exact) mass is 354 g/mol. The van der Waals surface area contributed by atoms with Crippen molar-refractivity contribution in [2.45, 2.75) is 25.3 Å². The van der Waals surface area contributed by atoms with Gasteiger partial charge in [-0.1, -0.05) is 30.3 Å². The first kappa shape index (κ1) is 18.4. The molecule has 0 saturated carbocycles. The van der Waals surface area contributed by atoms with Crippen molar-refractivity contribution in [1.29, 1.82) is 0 Å². The number of esters is 1. The van der Waals surface area contributed by atoms with Crippen LogP contribution < -0.4 is 4.72 Å². The first-order valence-electron chi connectivity index (χ1n) is 7.81. The van der Waals surface area contributed by atoms with Crippen molar-refractivity contribution >= 4 is 21.9 Å². The van der Waals surface area contributed by atoms with E-state index < -0.39 is 22.0 Å². The van der Waals surface area contributed by atoms with E-state index in [1.807, 2.05) is 30.3 Å². The highest BCUT2D eigenvalue weighted by Crippen LogP contribution is 2.13. The van der Waals surface area contributed by atoms with Crippen LogP contribution in [0.15, 0.2) is 30.3 Å². The largest absolute Gasteiger partial charge is 0.468 e. The van der Waals surface area contributed by atoms with Crippen molar-refractivity contribution < 1.29 is 22.7 Å². The van der Waals surface area contributed by atoms with Crippen LogP contribution in [0.5, 0.6) is 0 Å². The molecule has 1 heterocycles. The molecule has 132 valence electrons. The number of hydrogen-bond acceptors (Lipinski definition) is 5. The zero-order chi connectivity index (χ0) is 17.6. The van der Waals surface area contributed by atoms with Crippen LogP contribution >= 0.6 is 0 Å². The number of ether oxygens (including phenoxy) is 1. The van der Waals surface area contributed by atoms with E-state index in [1.54, 1.807) is 0 Å². The summed E-state index contributed by atoms with van der Waals surface area (Å²) >= 11 is 0. The molecule has 1 N–H and O–H groups in total. The summed E-state index contributed by atoms with van der Waals surface area (Å²) in [5, 5.41) is 0. The van der Waals surface area contributed by atoms with Crippen LogP contribution in [0, 0.1) is 0 Å². The third kappa shape index (κ3) is 5.31. The quantitative estimate of drug-likeness (QED) is 0.712. The normalized spacial score (nSPS) is 18.5. The van der Waals surface area contributed by atoms with E-state index >= 15 is 0 Å². The Morgan fingerprint density at radius 1 is 1.33 bits per heavy atom. The molecular formula is C16H22N2O5S. The maximum atomic E-state index is 12.3. The second kappa shape index (κ2) is 8.25. The Balaban J connectivity index is 1.93. The molecule has 1 amide bonds. The Kier molecular flexibility index (Phi) is 6.33. The summed E-state index contributed by atoms with van der Waals surface area (Å²) in [6.07, 6.45) is 1.44. The third-order valence-electron chi connectivity index (χ3n) is 3.90. The Hall–Kier alpha value is -1.93. The summed E-state index contributed by atoms with van der Waals surface area (Å²) in [5.74, 6) is -0.983. The summed E-state index contributed by atoms with van der Waals surface area (Å²) < 4.78 is 31.5. The number of piperidine rings is 1. The molecule has 0 bridgehead atoms. The van der Waals surface area contributed by atoms with E-state index in [0.29, 0.717) is 25.8 Å². The second-order valence-electron chi connectivity index (χ2n) is 5.70. The van der Waals surface area contributed by atoms with Gasteiger partial charge in [0.1, 0.15) is 12.6 Å². The summed E-state index contributed by atoms with van der Waals surface area (Å²) in [4.78, 5) is 25.0. The molecule has 0 aliphatic carbocycles. The van der Waals surface area contributed by atoms with E-state index in [0.717, 1.165) is 5.56 Å². The number of aryl methyl sites for hydroxylation is 1. The standard InChI is InChI=1S/C16H22N2O5S/c1-23-15(19)12-18-10-5-8-14(16(18)20)17-24(21,22)11-9-13-6-3-2-4-7-13/h2-4,6-7,14,17H,5,8-12H2,1H3. The van der Waals surface area contributed by atoms with E-state index in [9.17, 15) is 18.0 Å². The van der Waals surface area contributed by atoms with Gasteiger partial charge in [-0.2, -0.15) is 0 Å². The lowest BCUT2D eigenvalue weighted by molar-refractivity contribution is -0.148. The van der Waals surface area contributed by atoms with Crippen LogP contribution in [0.1, 0.15) is 18.4 Å².